The summed E-state index contributed by atoms with van der Waals surface area (Å²) in [5.41, 5.74) is -0.414. The summed E-state index contributed by atoms with van der Waals surface area (Å²) in [4.78, 5) is 23.4. The number of carboxylic acid groups (broad SMARTS) is 1. The van der Waals surface area contributed by atoms with E-state index in [-0.39, 0.29) is 25.1 Å². The molecule has 0 aromatic carbocycles. The quantitative estimate of drug-likeness (QED) is 0.731. The van der Waals surface area contributed by atoms with Gasteiger partial charge in [-0.15, -0.1) is 0 Å². The van der Waals surface area contributed by atoms with E-state index < -0.39 is 23.8 Å². The van der Waals surface area contributed by atoms with E-state index in [1.807, 2.05) is 0 Å². The highest BCUT2D eigenvalue weighted by Gasteiger charge is 2.30. The van der Waals surface area contributed by atoms with Crippen molar-refractivity contribution >= 4 is 12.1 Å². The van der Waals surface area contributed by atoms with Crippen molar-refractivity contribution < 1.29 is 23.8 Å². The molecule has 1 aliphatic rings. The Bertz CT molecular complexity index is 373. The second-order valence-electron chi connectivity index (χ2n) is 5.20. The topological polar surface area (TPSA) is 66.8 Å². The zero-order chi connectivity index (χ0) is 13.9. The van der Waals surface area contributed by atoms with Crippen LogP contribution >= 0.6 is 0 Å². The van der Waals surface area contributed by atoms with Crippen molar-refractivity contribution in [2.75, 3.05) is 13.1 Å². The average molecular weight is 259 g/mol. The number of hydrogen-bond donors (Lipinski definition) is 1. The number of rotatable bonds is 1. The highest BCUT2D eigenvalue weighted by atomic mass is 19.1. The number of ether oxygens (including phenoxy) is 1. The molecule has 0 bridgehead atoms. The average Bonchev–Trinajstić information content (AvgIpc) is 2.17. The SMILES string of the molecule is CC(C)(C)OC(=O)N1CC/C(=C\C(=O)O)[C@@H](F)C1. The molecule has 0 unspecified atom stereocenters. The fraction of sp³-hybridized carbons (Fsp3) is 0.667. The lowest BCUT2D eigenvalue weighted by molar-refractivity contribution is -0.131. The number of nitrogens with zero attached hydrogens (tertiary/aromatic N) is 1. The summed E-state index contributed by atoms with van der Waals surface area (Å²) in [6, 6.07) is 0. The van der Waals surface area contributed by atoms with Crippen molar-refractivity contribution in [3.63, 3.8) is 0 Å². The van der Waals surface area contributed by atoms with Crippen LogP contribution in [0.3, 0.4) is 0 Å². The molecule has 1 aliphatic heterocycles. The molecule has 0 radical (unpaired) electrons. The predicted molar refractivity (Wildman–Crippen MR) is 63.0 cm³/mol. The lowest BCUT2D eigenvalue weighted by Gasteiger charge is -2.32. The molecular formula is C12H18FNO4. The van der Waals surface area contributed by atoms with Crippen LogP contribution in [-0.2, 0) is 9.53 Å². The van der Waals surface area contributed by atoms with Crippen molar-refractivity contribution in [1.82, 2.24) is 4.90 Å². The minimum Gasteiger partial charge on any atom is -0.478 e. The molecule has 6 heteroatoms. The molecule has 0 aromatic heterocycles. The third-order valence-electron chi connectivity index (χ3n) is 2.41. The summed E-state index contributed by atoms with van der Waals surface area (Å²) >= 11 is 0. The van der Waals surface area contributed by atoms with Gasteiger partial charge in [-0.25, -0.2) is 14.0 Å². The maximum atomic E-state index is 13.7. The van der Waals surface area contributed by atoms with Crippen LogP contribution in [0, 0.1) is 0 Å². The second-order valence-corrected chi connectivity index (χ2v) is 5.20. The van der Waals surface area contributed by atoms with Crippen LogP contribution in [0.15, 0.2) is 11.6 Å². The zero-order valence-electron chi connectivity index (χ0n) is 10.8. The van der Waals surface area contributed by atoms with Crippen molar-refractivity contribution in [1.29, 1.82) is 0 Å². The first-order valence-electron chi connectivity index (χ1n) is 5.74. The van der Waals surface area contributed by atoms with Crippen LogP contribution in [0.25, 0.3) is 0 Å². The molecule has 0 aliphatic carbocycles. The molecule has 5 nitrogen and oxygen atoms in total. The van der Waals surface area contributed by atoms with Gasteiger partial charge in [0.05, 0.1) is 6.54 Å². The number of amides is 1. The molecule has 1 amide bonds. The first-order chi connectivity index (χ1) is 8.19. The van der Waals surface area contributed by atoms with Crippen molar-refractivity contribution in [3.05, 3.63) is 11.6 Å². The molecular weight excluding hydrogens is 241 g/mol. The van der Waals surface area contributed by atoms with E-state index in [9.17, 15) is 14.0 Å². The molecule has 1 heterocycles. The Morgan fingerprint density at radius 3 is 2.56 bits per heavy atom. The van der Waals surface area contributed by atoms with E-state index in [1.54, 1.807) is 20.8 Å². The fourth-order valence-electron chi connectivity index (χ4n) is 1.64. The monoisotopic (exact) mass is 259 g/mol. The van der Waals surface area contributed by atoms with Gasteiger partial charge >= 0.3 is 12.1 Å². The Balaban J connectivity index is 2.61. The fourth-order valence-corrected chi connectivity index (χ4v) is 1.64. The van der Waals surface area contributed by atoms with Gasteiger partial charge < -0.3 is 14.7 Å². The summed E-state index contributed by atoms with van der Waals surface area (Å²) in [7, 11) is 0. The third kappa shape index (κ3) is 4.35. The normalized spacial score (nSPS) is 23.0. The smallest absolute Gasteiger partial charge is 0.410 e. The van der Waals surface area contributed by atoms with Gasteiger partial charge in [-0.05, 0) is 32.8 Å². The van der Waals surface area contributed by atoms with E-state index in [2.05, 4.69) is 0 Å². The van der Waals surface area contributed by atoms with Crippen LogP contribution in [-0.4, -0.2) is 46.9 Å². The molecule has 1 N–H and O–H groups in total. The van der Waals surface area contributed by atoms with Crippen molar-refractivity contribution in [3.8, 4) is 0 Å². The maximum absolute atomic E-state index is 13.7. The lowest BCUT2D eigenvalue weighted by atomic mass is 10.0. The van der Waals surface area contributed by atoms with Crippen LogP contribution in [0.5, 0.6) is 0 Å². The van der Waals surface area contributed by atoms with Gasteiger partial charge in [0.2, 0.25) is 0 Å². The molecule has 102 valence electrons. The molecule has 18 heavy (non-hydrogen) atoms. The number of carboxylic acids is 1. The highest BCUT2D eigenvalue weighted by molar-refractivity contribution is 5.81. The summed E-state index contributed by atoms with van der Waals surface area (Å²) in [5, 5.41) is 8.56. The van der Waals surface area contributed by atoms with Gasteiger partial charge in [0.1, 0.15) is 11.8 Å². The van der Waals surface area contributed by atoms with Crippen LogP contribution in [0.1, 0.15) is 27.2 Å². The molecule has 1 rings (SSSR count). The second kappa shape index (κ2) is 5.37. The first-order valence-corrected chi connectivity index (χ1v) is 5.74. The summed E-state index contributed by atoms with van der Waals surface area (Å²) in [5.74, 6) is -1.17. The summed E-state index contributed by atoms with van der Waals surface area (Å²) in [6.07, 6.45) is -0.925. The Morgan fingerprint density at radius 2 is 2.11 bits per heavy atom. The van der Waals surface area contributed by atoms with Gasteiger partial charge in [0.25, 0.3) is 0 Å². The van der Waals surface area contributed by atoms with Crippen LogP contribution < -0.4 is 0 Å². The number of hydrogen-bond acceptors (Lipinski definition) is 3. The number of piperidine rings is 1. The molecule has 1 atom stereocenters. The zero-order valence-corrected chi connectivity index (χ0v) is 10.8. The summed E-state index contributed by atoms with van der Waals surface area (Å²) < 4.78 is 18.8. The first kappa shape index (κ1) is 14.5. The Labute approximate surface area is 105 Å². The standard InChI is InChI=1S/C12H18FNO4/c1-12(2,3)18-11(17)14-5-4-8(6-10(15)16)9(13)7-14/h6,9H,4-5,7H2,1-3H3,(H,15,16)/b8-6+/t9-/m0/s1. The molecule has 0 saturated carbocycles. The van der Waals surface area contributed by atoms with Gasteiger partial charge in [0, 0.05) is 12.6 Å². The minimum absolute atomic E-state index is 0.159. The van der Waals surface area contributed by atoms with E-state index in [0.717, 1.165) is 6.08 Å². The molecule has 1 fully saturated rings. The van der Waals surface area contributed by atoms with E-state index >= 15 is 0 Å². The largest absolute Gasteiger partial charge is 0.478 e. The maximum Gasteiger partial charge on any atom is 0.410 e. The number of alkyl halides is 1. The van der Waals surface area contributed by atoms with Crippen molar-refractivity contribution in [2.45, 2.75) is 39.0 Å². The number of halogens is 1. The highest BCUT2D eigenvalue weighted by Crippen LogP contribution is 2.21. The number of aliphatic carboxylic acids is 1. The minimum atomic E-state index is -1.44. The van der Waals surface area contributed by atoms with Crippen LogP contribution in [0.2, 0.25) is 0 Å². The van der Waals surface area contributed by atoms with Gasteiger partial charge in [-0.1, -0.05) is 0 Å². The predicted octanol–water partition coefficient (Wildman–Crippen LogP) is 1.98. The molecule has 0 aromatic rings. The Morgan fingerprint density at radius 1 is 1.50 bits per heavy atom. The third-order valence-corrected chi connectivity index (χ3v) is 2.41. The van der Waals surface area contributed by atoms with Crippen molar-refractivity contribution in [2.24, 2.45) is 0 Å². The van der Waals surface area contributed by atoms with Crippen LogP contribution in [0.4, 0.5) is 9.18 Å². The number of carbonyl (C=O) groups excluding carboxylic acids is 1. The van der Waals surface area contributed by atoms with Gasteiger partial charge in [0.15, 0.2) is 0 Å². The molecule has 0 spiro atoms. The van der Waals surface area contributed by atoms with Gasteiger partial charge in [-0.2, -0.15) is 0 Å². The Kier molecular flexibility index (Phi) is 4.32. The van der Waals surface area contributed by atoms with E-state index in [4.69, 9.17) is 9.84 Å². The van der Waals surface area contributed by atoms with E-state index in [0.29, 0.717) is 0 Å². The number of likely N-dealkylation sites (tertiary alicyclic amines) is 1. The number of carbonyl (C=O) groups is 2. The molecule has 1 saturated heterocycles. The summed E-state index contributed by atoms with van der Waals surface area (Å²) in [6.45, 7) is 5.31. The lowest BCUT2D eigenvalue weighted by Crippen LogP contribution is -2.44. The van der Waals surface area contributed by atoms with E-state index in [1.165, 1.54) is 4.90 Å². The Hall–Kier alpha value is -1.59. The van der Waals surface area contributed by atoms with Gasteiger partial charge in [-0.3, -0.25) is 0 Å².